The van der Waals surface area contributed by atoms with Crippen LogP contribution in [0.1, 0.15) is 17.2 Å². The Kier molecular flexibility index (Phi) is 8.02. The molecule has 0 aliphatic carbocycles. The van der Waals surface area contributed by atoms with Gasteiger partial charge in [0.05, 0.1) is 17.0 Å². The van der Waals surface area contributed by atoms with E-state index in [1.807, 2.05) is 0 Å². The molecule has 0 amide bonds. The maximum absolute atomic E-state index is 13.5. The molecule has 184 valence electrons. The fourth-order valence-electron chi connectivity index (χ4n) is 4.34. The first-order valence-corrected chi connectivity index (χ1v) is 11.4. The fraction of sp³-hybridized carbons (Fsp3) is 0.308. The lowest BCUT2D eigenvalue weighted by Gasteiger charge is -2.40. The number of hydrogen-bond donors (Lipinski definition) is 1. The predicted molar refractivity (Wildman–Crippen MR) is 127 cm³/mol. The summed E-state index contributed by atoms with van der Waals surface area (Å²) >= 11 is 0. The number of benzene rings is 3. The highest BCUT2D eigenvalue weighted by Gasteiger charge is 2.27. The highest BCUT2D eigenvalue weighted by molar-refractivity contribution is 5.38. The van der Waals surface area contributed by atoms with Crippen molar-refractivity contribution in [1.29, 1.82) is 0 Å². The van der Waals surface area contributed by atoms with Crippen molar-refractivity contribution >= 4 is 5.69 Å². The van der Waals surface area contributed by atoms with Gasteiger partial charge >= 0.3 is 0 Å². The van der Waals surface area contributed by atoms with Crippen LogP contribution in [-0.2, 0) is 0 Å². The van der Waals surface area contributed by atoms with Gasteiger partial charge in [0.15, 0.2) is 0 Å². The van der Waals surface area contributed by atoms with Gasteiger partial charge in [0.25, 0.3) is 5.69 Å². The molecule has 1 atom stereocenters. The van der Waals surface area contributed by atoms with Crippen LogP contribution in [0.5, 0.6) is 5.75 Å². The zero-order valence-corrected chi connectivity index (χ0v) is 19.1. The zero-order chi connectivity index (χ0) is 24.8. The number of hydrogen-bond acceptors (Lipinski definition) is 6. The smallest absolute Gasteiger partial charge is 0.273 e. The summed E-state index contributed by atoms with van der Waals surface area (Å²) in [6.07, 6.45) is -0.759. The first-order chi connectivity index (χ1) is 16.9. The van der Waals surface area contributed by atoms with Crippen LogP contribution in [0, 0.1) is 21.7 Å². The van der Waals surface area contributed by atoms with E-state index < -0.39 is 11.0 Å². The van der Waals surface area contributed by atoms with Gasteiger partial charge in [0, 0.05) is 38.8 Å². The van der Waals surface area contributed by atoms with Crippen molar-refractivity contribution < 1.29 is 23.5 Å². The first kappa shape index (κ1) is 24.7. The molecule has 1 aliphatic heterocycles. The predicted octanol–water partition coefficient (Wildman–Crippen LogP) is 4.02. The molecule has 1 N–H and O–H groups in total. The van der Waals surface area contributed by atoms with E-state index in [-0.39, 0.29) is 30.0 Å². The van der Waals surface area contributed by atoms with Crippen molar-refractivity contribution in [3.63, 3.8) is 0 Å². The molecular weight excluding hydrogens is 456 g/mol. The van der Waals surface area contributed by atoms with Crippen LogP contribution in [0.15, 0.2) is 72.8 Å². The Morgan fingerprint density at radius 3 is 2.03 bits per heavy atom. The van der Waals surface area contributed by atoms with Crippen molar-refractivity contribution in [2.24, 2.45) is 0 Å². The molecule has 4 rings (SSSR count). The molecule has 0 spiro atoms. The molecule has 7 nitrogen and oxygen atoms in total. The van der Waals surface area contributed by atoms with Gasteiger partial charge in [-0.1, -0.05) is 30.3 Å². The van der Waals surface area contributed by atoms with E-state index in [2.05, 4.69) is 9.80 Å². The monoisotopic (exact) mass is 483 g/mol. The van der Waals surface area contributed by atoms with Gasteiger partial charge in [0.2, 0.25) is 0 Å². The maximum atomic E-state index is 13.5. The number of piperazine rings is 1. The molecule has 0 radical (unpaired) electrons. The maximum Gasteiger partial charge on any atom is 0.273 e. The number of non-ortho nitro benzene ring substituents is 1. The normalized spacial score (nSPS) is 15.8. The molecular formula is C26H27F2N3O4. The van der Waals surface area contributed by atoms with Gasteiger partial charge in [-0.15, -0.1) is 0 Å². The van der Waals surface area contributed by atoms with Crippen molar-refractivity contribution in [3.05, 3.63) is 106 Å². The number of rotatable bonds is 9. The Hall–Kier alpha value is -3.40. The summed E-state index contributed by atoms with van der Waals surface area (Å²) in [5.41, 5.74) is 1.79. The second-order valence-electron chi connectivity index (χ2n) is 8.56. The van der Waals surface area contributed by atoms with Gasteiger partial charge in [-0.05, 0) is 41.5 Å². The van der Waals surface area contributed by atoms with Crippen molar-refractivity contribution in [2.75, 3.05) is 39.3 Å². The van der Waals surface area contributed by atoms with Gasteiger partial charge in [0.1, 0.15) is 30.1 Å². The van der Waals surface area contributed by atoms with Crippen LogP contribution in [0.3, 0.4) is 0 Å². The highest BCUT2D eigenvalue weighted by Crippen LogP contribution is 2.30. The van der Waals surface area contributed by atoms with Crippen LogP contribution < -0.4 is 4.74 Å². The molecule has 3 aromatic carbocycles. The molecule has 3 aromatic rings. The van der Waals surface area contributed by atoms with Crippen molar-refractivity contribution in [3.8, 4) is 5.75 Å². The molecule has 1 heterocycles. The summed E-state index contributed by atoms with van der Waals surface area (Å²) in [5, 5.41) is 21.3. The lowest BCUT2D eigenvalue weighted by Crippen LogP contribution is -2.50. The Bertz CT molecular complexity index is 1070. The van der Waals surface area contributed by atoms with Crippen LogP contribution in [-0.4, -0.2) is 65.3 Å². The number of nitro groups is 1. The quantitative estimate of drug-likeness (QED) is 0.366. The van der Waals surface area contributed by atoms with Crippen molar-refractivity contribution in [2.45, 2.75) is 12.1 Å². The second-order valence-corrected chi connectivity index (χ2v) is 8.56. The number of nitro benzene ring substituents is 1. The third-order valence-electron chi connectivity index (χ3n) is 6.08. The summed E-state index contributed by atoms with van der Waals surface area (Å²) in [7, 11) is 0. The van der Waals surface area contributed by atoms with E-state index in [1.165, 1.54) is 42.5 Å². The molecule has 1 saturated heterocycles. The largest absolute Gasteiger partial charge is 0.491 e. The third kappa shape index (κ3) is 6.60. The van der Waals surface area contributed by atoms with E-state index >= 15 is 0 Å². The molecule has 0 aromatic heterocycles. The van der Waals surface area contributed by atoms with Gasteiger partial charge in [-0.2, -0.15) is 0 Å². The zero-order valence-electron chi connectivity index (χ0n) is 19.1. The van der Waals surface area contributed by atoms with E-state index in [1.54, 1.807) is 30.3 Å². The summed E-state index contributed by atoms with van der Waals surface area (Å²) in [4.78, 5) is 14.8. The molecule has 0 saturated carbocycles. The number of halogens is 2. The molecule has 1 aliphatic rings. The second kappa shape index (κ2) is 11.4. The first-order valence-electron chi connectivity index (χ1n) is 11.4. The number of aliphatic hydroxyl groups excluding tert-OH is 1. The topological polar surface area (TPSA) is 79.1 Å². The average Bonchev–Trinajstić information content (AvgIpc) is 2.86. The lowest BCUT2D eigenvalue weighted by atomic mass is 9.96. The van der Waals surface area contributed by atoms with E-state index in [4.69, 9.17) is 4.74 Å². The summed E-state index contributed by atoms with van der Waals surface area (Å²) < 4.78 is 32.6. The average molecular weight is 484 g/mol. The Morgan fingerprint density at radius 2 is 1.49 bits per heavy atom. The minimum Gasteiger partial charge on any atom is -0.491 e. The Morgan fingerprint density at radius 1 is 0.914 bits per heavy atom. The Labute approximate surface area is 202 Å². The SMILES string of the molecule is O=[N+]([O-])c1cccc(OCC(O)CN2CCN(C(c3ccc(F)cc3)c3ccc(F)cc3)CC2)c1. The molecule has 9 heteroatoms. The van der Waals surface area contributed by atoms with Crippen molar-refractivity contribution in [1.82, 2.24) is 9.80 Å². The third-order valence-corrected chi connectivity index (χ3v) is 6.08. The van der Waals surface area contributed by atoms with Crippen LogP contribution in [0.25, 0.3) is 0 Å². The van der Waals surface area contributed by atoms with E-state index in [9.17, 15) is 24.0 Å². The number of nitrogens with zero attached hydrogens (tertiary/aromatic N) is 3. The Balaban J connectivity index is 1.34. The highest BCUT2D eigenvalue weighted by atomic mass is 19.1. The molecule has 1 unspecified atom stereocenters. The summed E-state index contributed by atoms with van der Waals surface area (Å²) in [5.74, 6) is -0.278. The minimum atomic E-state index is -0.759. The number of β-amino-alcohol motifs (C(OH)–C–C–N with tert-alkyl or cyclic N) is 1. The van der Waals surface area contributed by atoms with Gasteiger partial charge < -0.3 is 9.84 Å². The van der Waals surface area contributed by atoms with Gasteiger partial charge in [-0.25, -0.2) is 8.78 Å². The van der Waals surface area contributed by atoms with Gasteiger partial charge in [-0.3, -0.25) is 19.9 Å². The lowest BCUT2D eigenvalue weighted by molar-refractivity contribution is -0.384. The number of aliphatic hydroxyl groups is 1. The standard InChI is InChI=1S/C26H27F2N3O4/c27-21-8-4-19(5-9-21)26(20-6-10-22(28)11-7-20)30-14-12-29(13-15-30)17-24(32)18-35-25-3-1-2-23(16-25)31(33)34/h1-11,16,24,26,32H,12-15,17-18H2. The molecule has 0 bridgehead atoms. The molecule has 35 heavy (non-hydrogen) atoms. The van der Waals surface area contributed by atoms with Crippen LogP contribution >= 0.6 is 0 Å². The minimum absolute atomic E-state index is 0.0230. The molecule has 1 fully saturated rings. The van der Waals surface area contributed by atoms with Crippen LogP contribution in [0.2, 0.25) is 0 Å². The summed E-state index contributed by atoms with van der Waals surface area (Å²) in [6, 6.07) is 18.5. The van der Waals surface area contributed by atoms with E-state index in [0.717, 1.165) is 11.1 Å². The fourth-order valence-corrected chi connectivity index (χ4v) is 4.34. The van der Waals surface area contributed by atoms with E-state index in [0.29, 0.717) is 38.5 Å². The number of ether oxygens (including phenoxy) is 1. The summed E-state index contributed by atoms with van der Waals surface area (Å²) in [6.45, 7) is 3.24. The van der Waals surface area contributed by atoms with Crippen LogP contribution in [0.4, 0.5) is 14.5 Å².